The highest BCUT2D eigenvalue weighted by Gasteiger charge is 2.26. The summed E-state index contributed by atoms with van der Waals surface area (Å²) < 4.78 is 5.78. The zero-order valence-corrected chi connectivity index (χ0v) is 14.0. The van der Waals surface area contributed by atoms with Crippen molar-refractivity contribution in [1.29, 1.82) is 0 Å². The predicted molar refractivity (Wildman–Crippen MR) is 88.8 cm³/mol. The normalized spacial score (nSPS) is 13.4. The molecule has 0 spiro atoms. The highest BCUT2D eigenvalue weighted by atomic mass is 35.5. The fraction of sp³-hybridized carbons (Fsp3) is 0.444. The third-order valence-electron chi connectivity index (χ3n) is 3.77. The molecule has 0 fully saturated rings. The first kappa shape index (κ1) is 16.1. The van der Waals surface area contributed by atoms with E-state index in [4.69, 9.17) is 16.0 Å². The standard InChI is InChI=1S/C18H24ClNO/c1-13(20-12-15-6-5-7-16(19)10-15)11-18(3,4)17-9-8-14(2)21-17/h5-10,13,20H,11-12H2,1-4H3/t13-/m0/s1. The summed E-state index contributed by atoms with van der Waals surface area (Å²) in [6, 6.07) is 12.5. The molecule has 0 aliphatic rings. The van der Waals surface area contributed by atoms with Crippen LogP contribution < -0.4 is 5.32 Å². The Balaban J connectivity index is 1.90. The Morgan fingerprint density at radius 1 is 1.24 bits per heavy atom. The van der Waals surface area contributed by atoms with E-state index in [9.17, 15) is 0 Å². The maximum absolute atomic E-state index is 6.01. The highest BCUT2D eigenvalue weighted by Crippen LogP contribution is 2.29. The average Bonchev–Trinajstić information content (AvgIpc) is 2.84. The van der Waals surface area contributed by atoms with Crippen molar-refractivity contribution in [3.63, 3.8) is 0 Å². The van der Waals surface area contributed by atoms with Crippen LogP contribution in [0.4, 0.5) is 0 Å². The first-order chi connectivity index (χ1) is 9.87. The molecule has 2 nitrogen and oxygen atoms in total. The lowest BCUT2D eigenvalue weighted by Gasteiger charge is -2.26. The topological polar surface area (TPSA) is 25.2 Å². The fourth-order valence-corrected chi connectivity index (χ4v) is 2.89. The van der Waals surface area contributed by atoms with Crippen LogP contribution in [0.1, 0.15) is 44.3 Å². The van der Waals surface area contributed by atoms with Crippen LogP contribution in [0.15, 0.2) is 40.8 Å². The molecular formula is C18H24ClNO. The fourth-order valence-electron chi connectivity index (χ4n) is 2.68. The molecule has 0 saturated carbocycles. The number of rotatable bonds is 6. The van der Waals surface area contributed by atoms with Gasteiger partial charge in [0.05, 0.1) is 0 Å². The van der Waals surface area contributed by atoms with E-state index in [1.54, 1.807) is 0 Å². The van der Waals surface area contributed by atoms with Crippen LogP contribution in [-0.4, -0.2) is 6.04 Å². The number of hydrogen-bond donors (Lipinski definition) is 1. The first-order valence-corrected chi connectivity index (χ1v) is 7.79. The van der Waals surface area contributed by atoms with Crippen molar-refractivity contribution in [1.82, 2.24) is 5.32 Å². The molecule has 2 aromatic rings. The van der Waals surface area contributed by atoms with E-state index in [0.717, 1.165) is 29.5 Å². The average molecular weight is 306 g/mol. The molecule has 1 heterocycles. The monoisotopic (exact) mass is 305 g/mol. The molecule has 114 valence electrons. The third kappa shape index (κ3) is 4.62. The molecule has 1 N–H and O–H groups in total. The van der Waals surface area contributed by atoms with Crippen LogP contribution in [0.5, 0.6) is 0 Å². The molecule has 1 aromatic carbocycles. The molecule has 0 unspecified atom stereocenters. The molecule has 0 amide bonds. The minimum Gasteiger partial charge on any atom is -0.466 e. The van der Waals surface area contributed by atoms with Crippen LogP contribution in [0.25, 0.3) is 0 Å². The van der Waals surface area contributed by atoms with Gasteiger partial charge in [-0.25, -0.2) is 0 Å². The van der Waals surface area contributed by atoms with Gasteiger partial charge in [-0.1, -0.05) is 37.6 Å². The smallest absolute Gasteiger partial charge is 0.109 e. The van der Waals surface area contributed by atoms with Crippen LogP contribution in [-0.2, 0) is 12.0 Å². The maximum atomic E-state index is 6.01. The number of hydrogen-bond acceptors (Lipinski definition) is 2. The Kier molecular flexibility index (Phi) is 5.13. The van der Waals surface area contributed by atoms with Gasteiger partial charge in [-0.15, -0.1) is 0 Å². The predicted octanol–water partition coefficient (Wildman–Crippen LogP) is 5.09. The van der Waals surface area contributed by atoms with Crippen molar-refractivity contribution in [2.45, 2.75) is 52.1 Å². The number of halogens is 1. The summed E-state index contributed by atoms with van der Waals surface area (Å²) in [5.74, 6) is 2.02. The van der Waals surface area contributed by atoms with Gasteiger partial charge in [0.15, 0.2) is 0 Å². The van der Waals surface area contributed by atoms with Crippen LogP contribution in [0.2, 0.25) is 5.02 Å². The second kappa shape index (κ2) is 6.67. The van der Waals surface area contributed by atoms with Gasteiger partial charge in [-0.2, -0.15) is 0 Å². The van der Waals surface area contributed by atoms with E-state index in [1.165, 1.54) is 5.56 Å². The van der Waals surface area contributed by atoms with Crippen molar-refractivity contribution in [2.24, 2.45) is 0 Å². The summed E-state index contributed by atoms with van der Waals surface area (Å²) in [6.45, 7) is 9.48. The molecule has 1 aromatic heterocycles. The molecule has 3 heteroatoms. The van der Waals surface area contributed by atoms with E-state index < -0.39 is 0 Å². The third-order valence-corrected chi connectivity index (χ3v) is 4.00. The number of nitrogens with one attached hydrogen (secondary N) is 1. The molecule has 0 bridgehead atoms. The lowest BCUT2D eigenvalue weighted by Crippen LogP contribution is -2.32. The lowest BCUT2D eigenvalue weighted by molar-refractivity contribution is 0.319. The van der Waals surface area contributed by atoms with Gasteiger partial charge in [0.1, 0.15) is 11.5 Å². The van der Waals surface area contributed by atoms with Gasteiger partial charge in [0.25, 0.3) is 0 Å². The molecule has 0 aliphatic carbocycles. The summed E-state index contributed by atoms with van der Waals surface area (Å²) in [4.78, 5) is 0. The van der Waals surface area contributed by atoms with Crippen LogP contribution in [0.3, 0.4) is 0 Å². The Morgan fingerprint density at radius 3 is 2.62 bits per heavy atom. The summed E-state index contributed by atoms with van der Waals surface area (Å²) in [5.41, 5.74) is 1.23. The van der Waals surface area contributed by atoms with E-state index in [0.29, 0.717) is 6.04 Å². The molecule has 21 heavy (non-hydrogen) atoms. The Labute approximate surface area is 132 Å². The summed E-state index contributed by atoms with van der Waals surface area (Å²) >= 11 is 6.01. The molecular weight excluding hydrogens is 282 g/mol. The molecule has 1 atom stereocenters. The van der Waals surface area contributed by atoms with Crippen molar-refractivity contribution in [3.8, 4) is 0 Å². The Hall–Kier alpha value is -1.25. The van der Waals surface area contributed by atoms with Gasteiger partial charge >= 0.3 is 0 Å². The first-order valence-electron chi connectivity index (χ1n) is 7.41. The van der Waals surface area contributed by atoms with Gasteiger partial charge in [-0.3, -0.25) is 0 Å². The van der Waals surface area contributed by atoms with Crippen LogP contribution >= 0.6 is 11.6 Å². The van der Waals surface area contributed by atoms with Crippen molar-refractivity contribution < 1.29 is 4.42 Å². The van der Waals surface area contributed by atoms with Gasteiger partial charge in [-0.05, 0) is 50.1 Å². The minimum atomic E-state index is 0.0228. The quantitative estimate of drug-likeness (QED) is 0.804. The summed E-state index contributed by atoms with van der Waals surface area (Å²) in [7, 11) is 0. The Morgan fingerprint density at radius 2 is 2.00 bits per heavy atom. The van der Waals surface area contributed by atoms with E-state index in [-0.39, 0.29) is 5.41 Å². The van der Waals surface area contributed by atoms with Crippen molar-refractivity contribution in [2.75, 3.05) is 0 Å². The zero-order valence-electron chi connectivity index (χ0n) is 13.2. The second-order valence-corrected chi connectivity index (χ2v) is 6.85. The van der Waals surface area contributed by atoms with Gasteiger partial charge in [0, 0.05) is 23.0 Å². The van der Waals surface area contributed by atoms with Crippen LogP contribution in [0, 0.1) is 6.92 Å². The van der Waals surface area contributed by atoms with E-state index in [2.05, 4.69) is 38.2 Å². The van der Waals surface area contributed by atoms with Crippen molar-refractivity contribution >= 4 is 11.6 Å². The highest BCUT2D eigenvalue weighted by molar-refractivity contribution is 6.30. The second-order valence-electron chi connectivity index (χ2n) is 6.41. The van der Waals surface area contributed by atoms with Gasteiger partial charge in [0.2, 0.25) is 0 Å². The maximum Gasteiger partial charge on any atom is 0.109 e. The molecule has 0 radical (unpaired) electrons. The molecule has 0 aliphatic heterocycles. The van der Waals surface area contributed by atoms with Gasteiger partial charge < -0.3 is 9.73 Å². The summed E-state index contributed by atoms with van der Waals surface area (Å²) in [5, 5.41) is 4.34. The van der Waals surface area contributed by atoms with E-state index in [1.807, 2.05) is 31.2 Å². The summed E-state index contributed by atoms with van der Waals surface area (Å²) in [6.07, 6.45) is 1.01. The SMILES string of the molecule is Cc1ccc(C(C)(C)C[C@H](C)NCc2cccc(Cl)c2)o1. The Bertz CT molecular complexity index is 588. The van der Waals surface area contributed by atoms with Crippen molar-refractivity contribution in [3.05, 3.63) is 58.5 Å². The molecule has 0 saturated heterocycles. The zero-order chi connectivity index (χ0) is 15.5. The number of benzene rings is 1. The number of furan rings is 1. The van der Waals surface area contributed by atoms with E-state index >= 15 is 0 Å². The minimum absolute atomic E-state index is 0.0228. The lowest BCUT2D eigenvalue weighted by atomic mass is 9.83. The molecule has 2 rings (SSSR count). The number of aryl methyl sites for hydroxylation is 1. The largest absolute Gasteiger partial charge is 0.466 e.